The highest BCUT2D eigenvalue weighted by Crippen LogP contribution is 2.52. The van der Waals surface area contributed by atoms with E-state index in [0.29, 0.717) is 25.7 Å². The van der Waals surface area contributed by atoms with Crippen molar-refractivity contribution in [1.82, 2.24) is 10.6 Å². The van der Waals surface area contributed by atoms with Crippen molar-refractivity contribution in [2.45, 2.75) is 359 Å². The SMILES string of the molecule is C=CCOC(=O)O[C@H]1[C@H](OCCCCCCCCCC)[C@@H](NC(=O)CC(=O)CCCCCCCCCCC)[C@@H](OC=CC)O[C@@H]1CO[C@@H]1O[C@H](COC)[C@@H](OP(=O)(OCC=C)OCC=C)[C@H](OCC[C@@H](CCCCCCC)OC)[C@H]1NC(=O)CCCCCCCCCC=CCCCCCC. The zero-order chi connectivity index (χ0) is 73.0. The Balaban J connectivity index is 2.74. The second-order valence-corrected chi connectivity index (χ2v) is 28.5. The number of Topliss-reactive ketones (excluding diaryl/α,β-unsaturated/α-hetero) is 1. The zero-order valence-corrected chi connectivity index (χ0v) is 64.4. The van der Waals surface area contributed by atoms with E-state index in [1.54, 1.807) is 20.1 Å². The Morgan fingerprint density at radius 3 is 1.52 bits per heavy atom. The van der Waals surface area contributed by atoms with E-state index in [1.165, 1.54) is 102 Å². The summed E-state index contributed by atoms with van der Waals surface area (Å²) >= 11 is 0. The molecule has 2 rings (SSSR count). The van der Waals surface area contributed by atoms with Crippen LogP contribution in [-0.2, 0) is 79.9 Å². The molecule has 2 aliphatic heterocycles. The number of carbonyl (C=O) groups is 4. The molecule has 0 bridgehead atoms. The Hall–Kier alpha value is -3.79. The smallest absolute Gasteiger partial charge is 0.471 e. The molecule has 2 amide bonds. The van der Waals surface area contributed by atoms with Crippen LogP contribution in [-0.4, -0.2) is 152 Å². The fourth-order valence-electron chi connectivity index (χ4n) is 12.5. The molecular weight excluding hydrogens is 1300 g/mol. The molecule has 2 saturated heterocycles. The Bertz CT molecular complexity index is 2170. The first-order valence-corrected chi connectivity index (χ1v) is 40.7. The van der Waals surface area contributed by atoms with Crippen LogP contribution in [0.5, 0.6) is 0 Å². The third-order valence-corrected chi connectivity index (χ3v) is 19.6. The second-order valence-electron chi connectivity index (χ2n) is 26.9. The number of phosphoric acid groups is 1. The highest BCUT2D eigenvalue weighted by Gasteiger charge is 2.54. The average Bonchev–Trinajstić information content (AvgIpc) is 0.780. The van der Waals surface area contributed by atoms with E-state index in [9.17, 15) is 23.7 Å². The van der Waals surface area contributed by atoms with Gasteiger partial charge in [-0.3, -0.25) is 28.0 Å². The van der Waals surface area contributed by atoms with E-state index in [0.717, 1.165) is 141 Å². The third-order valence-electron chi connectivity index (χ3n) is 18.2. The maximum atomic E-state index is 14.8. The zero-order valence-electron chi connectivity index (χ0n) is 63.5. The van der Waals surface area contributed by atoms with Crippen molar-refractivity contribution in [2.24, 2.45) is 0 Å². The molecule has 100 heavy (non-hydrogen) atoms. The van der Waals surface area contributed by atoms with Crippen molar-refractivity contribution in [3.63, 3.8) is 0 Å². The van der Waals surface area contributed by atoms with E-state index in [2.05, 4.69) is 70.2 Å². The molecule has 0 aromatic carbocycles. The number of methoxy groups -OCH3 is 2. The standard InChI is InChI=1S/C79H141N2O18P/c1-11-19-23-27-30-33-34-35-36-37-38-40-42-46-50-54-69(83)80-72-76(90-61-55-66(88-10)53-49-44-26-22-14-4)74(99-100(86,94-58-17-7)95-59-18-8)67(63-87-9)96-78(72)93-64-68-73(98-79(85)92-57-16-6)75(89-60-51-47-43-32-29-25-21-13-3)71(77(97-68)91-56-15-5)81-70(84)62-65(82)52-48-45-41-39-31-28-24-20-12-2/h15-18,33-34,56,66-68,71-78H,6-8,11-14,19-32,35-55,57-64H2,1-5,9-10H3,(H,80,83)(H,81,84)/t66-,67-,68-,71-,72-,73-,74-,75-,76-,77+,78-/m1/s1. The predicted octanol–water partition coefficient (Wildman–Crippen LogP) is 18.8. The number of ketones is 1. The van der Waals surface area contributed by atoms with E-state index in [1.807, 2.05) is 0 Å². The van der Waals surface area contributed by atoms with Gasteiger partial charge in [0.1, 0.15) is 55.0 Å². The molecule has 2 N–H and O–H groups in total. The number of nitrogens with one attached hydrogen (secondary N) is 2. The summed E-state index contributed by atoms with van der Waals surface area (Å²) in [5.74, 6) is -1.10. The lowest BCUT2D eigenvalue weighted by Crippen LogP contribution is -2.68. The van der Waals surface area contributed by atoms with Crippen LogP contribution in [0.25, 0.3) is 0 Å². The van der Waals surface area contributed by atoms with E-state index < -0.39 is 94.2 Å². The van der Waals surface area contributed by atoms with Crippen molar-refractivity contribution >= 4 is 31.6 Å². The summed E-state index contributed by atoms with van der Waals surface area (Å²) in [5.41, 5.74) is 0. The van der Waals surface area contributed by atoms with Crippen molar-refractivity contribution in [2.75, 3.05) is 60.5 Å². The Morgan fingerprint density at radius 2 is 0.970 bits per heavy atom. The molecule has 0 radical (unpaired) electrons. The molecule has 20 nitrogen and oxygen atoms in total. The molecule has 580 valence electrons. The van der Waals surface area contributed by atoms with Crippen LogP contribution in [0, 0.1) is 0 Å². The topological polar surface area (TPSA) is 229 Å². The molecule has 0 saturated carbocycles. The number of ether oxygens (including phenoxy) is 10. The minimum absolute atomic E-state index is 0.103. The van der Waals surface area contributed by atoms with Crippen molar-refractivity contribution in [1.29, 1.82) is 0 Å². The van der Waals surface area contributed by atoms with Gasteiger partial charge in [0.15, 0.2) is 12.4 Å². The van der Waals surface area contributed by atoms with Gasteiger partial charge in [0, 0.05) is 40.3 Å². The highest BCUT2D eigenvalue weighted by atomic mass is 31.2. The molecule has 2 aliphatic rings. The van der Waals surface area contributed by atoms with Crippen LogP contribution in [0.1, 0.15) is 291 Å². The molecule has 0 unspecified atom stereocenters. The summed E-state index contributed by atoms with van der Waals surface area (Å²) in [5, 5.41) is 6.22. The van der Waals surface area contributed by atoms with Gasteiger partial charge in [-0.1, -0.05) is 251 Å². The van der Waals surface area contributed by atoms with Crippen LogP contribution in [0.4, 0.5) is 4.79 Å². The van der Waals surface area contributed by atoms with E-state index in [4.69, 9.17) is 60.9 Å². The van der Waals surface area contributed by atoms with Crippen LogP contribution >= 0.6 is 7.82 Å². The Kier molecular flexibility index (Phi) is 57.8. The molecule has 21 heteroatoms. The number of phosphoric ester groups is 1. The molecule has 0 spiro atoms. The Morgan fingerprint density at radius 1 is 0.500 bits per heavy atom. The molecule has 2 heterocycles. The number of hydrogen-bond acceptors (Lipinski definition) is 18. The van der Waals surface area contributed by atoms with Gasteiger partial charge < -0.3 is 58.0 Å². The summed E-state index contributed by atoms with van der Waals surface area (Å²) < 4.78 is 96.9. The lowest BCUT2D eigenvalue weighted by Gasteiger charge is -2.48. The third kappa shape index (κ3) is 43.5. The summed E-state index contributed by atoms with van der Waals surface area (Å²) in [4.78, 5) is 56.2. The minimum atomic E-state index is -4.49. The normalized spacial score (nSPS) is 21.3. The highest BCUT2D eigenvalue weighted by molar-refractivity contribution is 7.48. The molecular formula is C79H141N2O18P. The summed E-state index contributed by atoms with van der Waals surface area (Å²) in [6.07, 6.45) is 39.6. The van der Waals surface area contributed by atoms with Crippen molar-refractivity contribution < 1.29 is 84.7 Å². The molecule has 11 atom stereocenters. The van der Waals surface area contributed by atoms with Crippen LogP contribution < -0.4 is 10.6 Å². The number of allylic oxidation sites excluding steroid dienone is 3. The fraction of sp³-hybridized carbons (Fsp3) is 0.823. The summed E-state index contributed by atoms with van der Waals surface area (Å²) in [6.45, 7) is 21.0. The monoisotopic (exact) mass is 1440 g/mol. The largest absolute Gasteiger partial charge is 0.509 e. The number of amides is 2. The van der Waals surface area contributed by atoms with Gasteiger partial charge in [-0.25, -0.2) is 9.36 Å². The van der Waals surface area contributed by atoms with Gasteiger partial charge in [0.25, 0.3) is 0 Å². The van der Waals surface area contributed by atoms with Crippen molar-refractivity contribution in [3.8, 4) is 0 Å². The molecule has 2 fully saturated rings. The number of unbranched alkanes of at least 4 members (excludes halogenated alkanes) is 30. The lowest BCUT2D eigenvalue weighted by molar-refractivity contribution is -0.303. The van der Waals surface area contributed by atoms with Gasteiger partial charge in [0.05, 0.1) is 45.2 Å². The van der Waals surface area contributed by atoms with Gasteiger partial charge in [-0.15, -0.1) is 13.2 Å². The number of rotatable bonds is 68. The lowest BCUT2D eigenvalue weighted by atomic mass is 9.95. The van der Waals surface area contributed by atoms with E-state index >= 15 is 0 Å². The maximum absolute atomic E-state index is 14.8. The second kappa shape index (κ2) is 62.6. The van der Waals surface area contributed by atoms with Crippen molar-refractivity contribution in [3.05, 3.63) is 62.5 Å². The first kappa shape index (κ1) is 92.3. The quantitative estimate of drug-likeness (QED) is 0.0144. The van der Waals surface area contributed by atoms with Gasteiger partial charge in [-0.05, 0) is 64.7 Å². The minimum Gasteiger partial charge on any atom is -0.471 e. The van der Waals surface area contributed by atoms with Gasteiger partial charge in [0.2, 0.25) is 18.1 Å². The first-order valence-electron chi connectivity index (χ1n) is 39.3. The van der Waals surface area contributed by atoms with Gasteiger partial charge >= 0.3 is 14.0 Å². The van der Waals surface area contributed by atoms with Crippen LogP contribution in [0.3, 0.4) is 0 Å². The fourth-order valence-corrected chi connectivity index (χ4v) is 13.8. The Labute approximate surface area is 606 Å². The van der Waals surface area contributed by atoms with Crippen LogP contribution in [0.2, 0.25) is 0 Å². The summed E-state index contributed by atoms with van der Waals surface area (Å²) in [6, 6.07) is -2.33. The molecule has 0 aromatic rings. The molecule has 0 aliphatic carbocycles. The van der Waals surface area contributed by atoms with Crippen LogP contribution in [0.15, 0.2) is 62.5 Å². The predicted molar refractivity (Wildman–Crippen MR) is 398 cm³/mol. The summed E-state index contributed by atoms with van der Waals surface area (Å²) in [7, 11) is -1.33. The maximum Gasteiger partial charge on any atom is 0.509 e. The average molecular weight is 1440 g/mol. The first-order chi connectivity index (χ1) is 48.8. The molecule has 0 aromatic heterocycles. The number of hydrogen-bond donors (Lipinski definition) is 2. The van der Waals surface area contributed by atoms with E-state index in [-0.39, 0.29) is 70.3 Å². The number of carbonyl (C=O) groups excluding carboxylic acids is 4. The van der Waals surface area contributed by atoms with Gasteiger partial charge in [-0.2, -0.15) is 0 Å².